The number of rotatable bonds is 5. The highest BCUT2D eigenvalue weighted by Gasteiger charge is 2.28. The molecule has 2 rings (SSSR count). The van der Waals surface area contributed by atoms with Crippen LogP contribution in [-0.4, -0.2) is 43.6 Å². The molecule has 1 aliphatic heterocycles. The predicted octanol–water partition coefficient (Wildman–Crippen LogP) is 1.84. The van der Waals surface area contributed by atoms with E-state index in [2.05, 4.69) is 4.90 Å². The molecule has 1 aliphatic rings. The summed E-state index contributed by atoms with van der Waals surface area (Å²) < 4.78 is 15.2. The van der Waals surface area contributed by atoms with E-state index in [9.17, 15) is 9.59 Å². The summed E-state index contributed by atoms with van der Waals surface area (Å²) in [5, 5.41) is 0. The summed E-state index contributed by atoms with van der Waals surface area (Å²) in [6.45, 7) is 4.20. The van der Waals surface area contributed by atoms with E-state index in [1.54, 1.807) is 6.07 Å². The van der Waals surface area contributed by atoms with Crippen LogP contribution in [0, 0.1) is 5.92 Å². The SMILES string of the molecule is CCOC(=O)C1CCCN(Cc2occc2C(=O)OC)C1. The van der Waals surface area contributed by atoms with Crippen molar-refractivity contribution < 1.29 is 23.5 Å². The summed E-state index contributed by atoms with van der Waals surface area (Å²) in [6, 6.07) is 1.61. The molecule has 6 nitrogen and oxygen atoms in total. The first-order valence-electron chi connectivity index (χ1n) is 7.19. The molecule has 21 heavy (non-hydrogen) atoms. The summed E-state index contributed by atoms with van der Waals surface area (Å²) in [6.07, 6.45) is 3.25. The van der Waals surface area contributed by atoms with Crippen LogP contribution in [-0.2, 0) is 20.8 Å². The maximum atomic E-state index is 11.8. The Morgan fingerprint density at radius 1 is 1.48 bits per heavy atom. The van der Waals surface area contributed by atoms with Crippen LogP contribution >= 0.6 is 0 Å². The Labute approximate surface area is 124 Å². The summed E-state index contributed by atoms with van der Waals surface area (Å²) >= 11 is 0. The zero-order valence-corrected chi connectivity index (χ0v) is 12.5. The van der Waals surface area contributed by atoms with Crippen molar-refractivity contribution in [1.29, 1.82) is 0 Å². The number of piperidine rings is 1. The fourth-order valence-electron chi connectivity index (χ4n) is 2.61. The molecule has 0 saturated carbocycles. The molecule has 2 heterocycles. The van der Waals surface area contributed by atoms with Gasteiger partial charge >= 0.3 is 11.9 Å². The van der Waals surface area contributed by atoms with Crippen LogP contribution < -0.4 is 0 Å². The molecule has 1 saturated heterocycles. The molecule has 0 bridgehead atoms. The summed E-state index contributed by atoms with van der Waals surface area (Å²) in [7, 11) is 1.34. The number of hydrogen-bond acceptors (Lipinski definition) is 6. The third-order valence-corrected chi connectivity index (χ3v) is 3.64. The number of likely N-dealkylation sites (tertiary alicyclic amines) is 1. The second-order valence-corrected chi connectivity index (χ2v) is 5.08. The van der Waals surface area contributed by atoms with Crippen molar-refractivity contribution >= 4 is 11.9 Å². The van der Waals surface area contributed by atoms with Gasteiger partial charge in [-0.1, -0.05) is 0 Å². The van der Waals surface area contributed by atoms with E-state index in [0.29, 0.717) is 31.0 Å². The van der Waals surface area contributed by atoms with Gasteiger partial charge in [0.15, 0.2) is 0 Å². The van der Waals surface area contributed by atoms with E-state index >= 15 is 0 Å². The first kappa shape index (κ1) is 15.6. The minimum absolute atomic E-state index is 0.102. The number of esters is 2. The van der Waals surface area contributed by atoms with Crippen LogP contribution in [0.4, 0.5) is 0 Å². The minimum Gasteiger partial charge on any atom is -0.467 e. The molecular formula is C15H21NO5. The Kier molecular flexibility index (Phi) is 5.38. The van der Waals surface area contributed by atoms with Crippen LogP contribution in [0.5, 0.6) is 0 Å². The molecule has 0 spiro atoms. The van der Waals surface area contributed by atoms with Crippen molar-refractivity contribution in [3.63, 3.8) is 0 Å². The van der Waals surface area contributed by atoms with Gasteiger partial charge in [0.1, 0.15) is 11.3 Å². The quantitative estimate of drug-likeness (QED) is 0.772. The average Bonchev–Trinajstić information content (AvgIpc) is 2.95. The van der Waals surface area contributed by atoms with Gasteiger partial charge in [0, 0.05) is 6.54 Å². The number of hydrogen-bond donors (Lipinski definition) is 0. The highest BCUT2D eigenvalue weighted by atomic mass is 16.5. The highest BCUT2D eigenvalue weighted by molar-refractivity contribution is 5.90. The topological polar surface area (TPSA) is 69.0 Å². The van der Waals surface area contributed by atoms with Crippen LogP contribution in [0.1, 0.15) is 35.9 Å². The molecule has 6 heteroatoms. The third kappa shape index (κ3) is 3.85. The van der Waals surface area contributed by atoms with Crippen LogP contribution in [0.3, 0.4) is 0 Å². The van der Waals surface area contributed by atoms with Gasteiger partial charge in [-0.3, -0.25) is 9.69 Å². The maximum Gasteiger partial charge on any atom is 0.341 e. The fraction of sp³-hybridized carbons (Fsp3) is 0.600. The fourth-order valence-corrected chi connectivity index (χ4v) is 2.61. The first-order valence-corrected chi connectivity index (χ1v) is 7.19. The van der Waals surface area contributed by atoms with E-state index in [4.69, 9.17) is 13.9 Å². The van der Waals surface area contributed by atoms with E-state index in [1.807, 2.05) is 6.92 Å². The van der Waals surface area contributed by atoms with Gasteiger partial charge < -0.3 is 13.9 Å². The second kappa shape index (κ2) is 7.26. The van der Waals surface area contributed by atoms with Gasteiger partial charge in [-0.15, -0.1) is 0 Å². The molecule has 0 amide bonds. The van der Waals surface area contributed by atoms with Gasteiger partial charge in [0.05, 0.1) is 32.4 Å². The second-order valence-electron chi connectivity index (χ2n) is 5.08. The van der Waals surface area contributed by atoms with Crippen molar-refractivity contribution in [3.05, 3.63) is 23.7 Å². The summed E-state index contributed by atoms with van der Waals surface area (Å²) in [5.74, 6) is -0.0749. The lowest BCUT2D eigenvalue weighted by Crippen LogP contribution is -2.39. The lowest BCUT2D eigenvalue weighted by atomic mass is 9.98. The van der Waals surface area contributed by atoms with E-state index < -0.39 is 5.97 Å². The molecule has 1 fully saturated rings. The largest absolute Gasteiger partial charge is 0.467 e. The Bertz CT molecular complexity index is 496. The Morgan fingerprint density at radius 3 is 3.00 bits per heavy atom. The van der Waals surface area contributed by atoms with Crippen molar-refractivity contribution in [2.45, 2.75) is 26.3 Å². The van der Waals surface area contributed by atoms with Gasteiger partial charge in [-0.2, -0.15) is 0 Å². The molecule has 0 N–H and O–H groups in total. The standard InChI is InChI=1S/C15H21NO5/c1-3-20-14(17)11-5-4-7-16(9-11)10-13-12(6-8-21-13)15(18)19-2/h6,8,11H,3-5,7,9-10H2,1-2H3. The summed E-state index contributed by atoms with van der Waals surface area (Å²) in [4.78, 5) is 25.5. The normalized spacial score (nSPS) is 19.2. The predicted molar refractivity (Wildman–Crippen MR) is 74.7 cm³/mol. The lowest BCUT2D eigenvalue weighted by molar-refractivity contribution is -0.150. The van der Waals surface area contributed by atoms with Gasteiger partial charge in [-0.05, 0) is 32.4 Å². The van der Waals surface area contributed by atoms with Crippen LogP contribution in [0.15, 0.2) is 16.7 Å². The van der Waals surface area contributed by atoms with Gasteiger partial charge in [0.2, 0.25) is 0 Å². The summed E-state index contributed by atoms with van der Waals surface area (Å²) in [5.41, 5.74) is 0.441. The lowest BCUT2D eigenvalue weighted by Gasteiger charge is -2.30. The van der Waals surface area contributed by atoms with Crippen molar-refractivity contribution in [2.75, 3.05) is 26.8 Å². The molecule has 1 aromatic rings. The first-order chi connectivity index (χ1) is 10.2. The molecule has 1 atom stereocenters. The van der Waals surface area contributed by atoms with Crippen molar-refractivity contribution in [3.8, 4) is 0 Å². The number of ether oxygens (including phenoxy) is 2. The number of nitrogens with zero attached hydrogens (tertiary/aromatic N) is 1. The molecule has 116 valence electrons. The monoisotopic (exact) mass is 295 g/mol. The molecule has 1 aromatic heterocycles. The average molecular weight is 295 g/mol. The van der Waals surface area contributed by atoms with Crippen LogP contribution in [0.2, 0.25) is 0 Å². The maximum absolute atomic E-state index is 11.8. The molecule has 1 unspecified atom stereocenters. The zero-order valence-electron chi connectivity index (χ0n) is 12.5. The van der Waals surface area contributed by atoms with E-state index in [-0.39, 0.29) is 11.9 Å². The molecule has 0 aliphatic carbocycles. The Balaban J connectivity index is 1.98. The number of carbonyl (C=O) groups excluding carboxylic acids is 2. The van der Waals surface area contributed by atoms with Gasteiger partial charge in [0.25, 0.3) is 0 Å². The van der Waals surface area contributed by atoms with E-state index in [1.165, 1.54) is 13.4 Å². The highest BCUT2D eigenvalue weighted by Crippen LogP contribution is 2.21. The zero-order chi connectivity index (χ0) is 15.2. The molecule has 0 aromatic carbocycles. The third-order valence-electron chi connectivity index (χ3n) is 3.64. The van der Waals surface area contributed by atoms with Crippen molar-refractivity contribution in [2.24, 2.45) is 5.92 Å². The molecular weight excluding hydrogens is 274 g/mol. The number of carbonyl (C=O) groups is 2. The number of furan rings is 1. The molecule has 0 radical (unpaired) electrons. The van der Waals surface area contributed by atoms with Crippen LogP contribution in [0.25, 0.3) is 0 Å². The van der Waals surface area contributed by atoms with Gasteiger partial charge in [-0.25, -0.2) is 4.79 Å². The Hall–Kier alpha value is -1.82. The Morgan fingerprint density at radius 2 is 2.29 bits per heavy atom. The minimum atomic E-state index is -0.405. The smallest absolute Gasteiger partial charge is 0.341 e. The van der Waals surface area contributed by atoms with Crippen molar-refractivity contribution in [1.82, 2.24) is 4.90 Å². The number of methoxy groups -OCH3 is 1. The van der Waals surface area contributed by atoms with E-state index in [0.717, 1.165) is 19.4 Å².